The summed E-state index contributed by atoms with van der Waals surface area (Å²) in [6.45, 7) is 0.342. The van der Waals surface area contributed by atoms with E-state index in [1.54, 1.807) is 14.2 Å². The molecule has 1 aromatic rings. The first kappa shape index (κ1) is 14.1. The molecule has 112 valence electrons. The molecule has 0 bridgehead atoms. The third kappa shape index (κ3) is 2.56. The second kappa shape index (κ2) is 5.53. The molecule has 21 heavy (non-hydrogen) atoms. The van der Waals surface area contributed by atoms with Crippen LogP contribution in [0.4, 0.5) is 0 Å². The standard InChI is InChI=1S/C17H20O4/c1-20-9-11-7-15(18)16(17(11)19)14-8-12(21-2)5-6-13(14)10-3-4-10/h5-6,8,10-11,18H,3-4,7,9H2,1-2H3. The van der Waals surface area contributed by atoms with Gasteiger partial charge in [0.2, 0.25) is 0 Å². The van der Waals surface area contributed by atoms with Crippen molar-refractivity contribution in [3.8, 4) is 5.75 Å². The lowest BCUT2D eigenvalue weighted by Crippen LogP contribution is -2.15. The molecule has 0 aromatic heterocycles. The Labute approximate surface area is 124 Å². The third-order valence-corrected chi connectivity index (χ3v) is 4.26. The number of hydrogen-bond donors (Lipinski definition) is 1. The van der Waals surface area contributed by atoms with Gasteiger partial charge in [-0.2, -0.15) is 0 Å². The predicted octanol–water partition coefficient (Wildman–Crippen LogP) is 3.08. The van der Waals surface area contributed by atoms with E-state index >= 15 is 0 Å². The van der Waals surface area contributed by atoms with Gasteiger partial charge in [-0.3, -0.25) is 4.79 Å². The topological polar surface area (TPSA) is 55.8 Å². The van der Waals surface area contributed by atoms with Crippen molar-refractivity contribution in [1.29, 1.82) is 0 Å². The molecule has 1 unspecified atom stereocenters. The van der Waals surface area contributed by atoms with Crippen molar-refractivity contribution in [3.63, 3.8) is 0 Å². The lowest BCUT2D eigenvalue weighted by Gasteiger charge is -2.13. The lowest BCUT2D eigenvalue weighted by atomic mass is 9.93. The smallest absolute Gasteiger partial charge is 0.172 e. The Kier molecular flexibility index (Phi) is 3.72. The monoisotopic (exact) mass is 288 g/mol. The number of allylic oxidation sites excluding steroid dienone is 2. The molecule has 1 N–H and O–H groups in total. The summed E-state index contributed by atoms with van der Waals surface area (Å²) in [7, 11) is 3.18. The average molecular weight is 288 g/mol. The quantitative estimate of drug-likeness (QED) is 0.904. The summed E-state index contributed by atoms with van der Waals surface area (Å²) in [5.41, 5.74) is 2.43. The molecule has 2 aliphatic carbocycles. The van der Waals surface area contributed by atoms with Crippen molar-refractivity contribution in [2.24, 2.45) is 5.92 Å². The highest BCUT2D eigenvalue weighted by atomic mass is 16.5. The Morgan fingerprint density at radius 1 is 1.29 bits per heavy atom. The van der Waals surface area contributed by atoms with Gasteiger partial charge in [-0.15, -0.1) is 0 Å². The fourth-order valence-electron chi connectivity index (χ4n) is 3.03. The molecule has 1 saturated carbocycles. The molecule has 0 spiro atoms. The van der Waals surface area contributed by atoms with Crippen LogP contribution >= 0.6 is 0 Å². The van der Waals surface area contributed by atoms with Gasteiger partial charge in [0.25, 0.3) is 0 Å². The molecule has 0 saturated heterocycles. The van der Waals surface area contributed by atoms with E-state index in [1.165, 1.54) is 0 Å². The molecule has 4 nitrogen and oxygen atoms in total. The number of rotatable bonds is 5. The van der Waals surface area contributed by atoms with Gasteiger partial charge in [0.1, 0.15) is 11.5 Å². The number of carbonyl (C=O) groups is 1. The SMILES string of the molecule is COCC1CC(O)=C(c2cc(OC)ccc2C2CC2)C1=O. The normalized spacial score (nSPS) is 22.0. The van der Waals surface area contributed by atoms with Crippen LogP contribution in [0.2, 0.25) is 0 Å². The maximum absolute atomic E-state index is 12.6. The van der Waals surface area contributed by atoms with E-state index in [9.17, 15) is 9.90 Å². The van der Waals surface area contributed by atoms with E-state index in [1.807, 2.05) is 18.2 Å². The van der Waals surface area contributed by atoms with Gasteiger partial charge in [0, 0.05) is 13.5 Å². The summed E-state index contributed by atoms with van der Waals surface area (Å²) < 4.78 is 10.4. The average Bonchev–Trinajstić information content (AvgIpc) is 3.27. The highest BCUT2D eigenvalue weighted by molar-refractivity contribution is 6.25. The number of benzene rings is 1. The second-order valence-electron chi connectivity index (χ2n) is 5.77. The Balaban J connectivity index is 2.02. The molecule has 1 fully saturated rings. The van der Waals surface area contributed by atoms with E-state index < -0.39 is 0 Å². The van der Waals surface area contributed by atoms with Gasteiger partial charge in [0.15, 0.2) is 5.78 Å². The van der Waals surface area contributed by atoms with Gasteiger partial charge >= 0.3 is 0 Å². The number of Topliss-reactive ketones (excluding diaryl/α,β-unsaturated/α-hetero) is 1. The summed E-state index contributed by atoms with van der Waals surface area (Å²) in [4.78, 5) is 12.6. The fraction of sp³-hybridized carbons (Fsp3) is 0.471. The third-order valence-electron chi connectivity index (χ3n) is 4.26. The Hall–Kier alpha value is -1.81. The van der Waals surface area contributed by atoms with Crippen LogP contribution < -0.4 is 4.74 Å². The van der Waals surface area contributed by atoms with Crippen LogP contribution in [0.5, 0.6) is 5.75 Å². The van der Waals surface area contributed by atoms with E-state index in [-0.39, 0.29) is 17.5 Å². The molecule has 4 heteroatoms. The molecular weight excluding hydrogens is 268 g/mol. The van der Waals surface area contributed by atoms with Crippen LogP contribution in [-0.4, -0.2) is 31.7 Å². The Bertz CT molecular complexity index is 599. The van der Waals surface area contributed by atoms with Crippen LogP contribution in [0.3, 0.4) is 0 Å². The first-order chi connectivity index (χ1) is 10.2. The van der Waals surface area contributed by atoms with Crippen molar-refractivity contribution in [1.82, 2.24) is 0 Å². The molecule has 0 amide bonds. The largest absolute Gasteiger partial charge is 0.512 e. The number of ketones is 1. The number of hydrogen-bond acceptors (Lipinski definition) is 4. The van der Waals surface area contributed by atoms with Gasteiger partial charge in [0.05, 0.1) is 25.2 Å². The second-order valence-corrected chi connectivity index (χ2v) is 5.77. The predicted molar refractivity (Wildman–Crippen MR) is 79.5 cm³/mol. The molecule has 0 aliphatic heterocycles. The van der Waals surface area contributed by atoms with Crippen LogP contribution in [0.1, 0.15) is 36.3 Å². The molecule has 2 aliphatic rings. The number of aliphatic hydroxyl groups is 1. The van der Waals surface area contributed by atoms with E-state index in [0.29, 0.717) is 30.3 Å². The van der Waals surface area contributed by atoms with Crippen LogP contribution in [0.15, 0.2) is 24.0 Å². The maximum Gasteiger partial charge on any atom is 0.172 e. The highest BCUT2D eigenvalue weighted by Crippen LogP contribution is 2.46. The molecule has 0 heterocycles. The van der Waals surface area contributed by atoms with Crippen molar-refractivity contribution < 1.29 is 19.4 Å². The van der Waals surface area contributed by atoms with Gasteiger partial charge in [-0.1, -0.05) is 6.07 Å². The summed E-state index contributed by atoms with van der Waals surface area (Å²) >= 11 is 0. The minimum Gasteiger partial charge on any atom is -0.512 e. The zero-order valence-electron chi connectivity index (χ0n) is 12.4. The van der Waals surface area contributed by atoms with Gasteiger partial charge in [-0.05, 0) is 42.0 Å². The first-order valence-corrected chi connectivity index (χ1v) is 7.29. The lowest BCUT2D eigenvalue weighted by molar-refractivity contribution is -0.118. The molecule has 1 aromatic carbocycles. The Morgan fingerprint density at radius 3 is 2.67 bits per heavy atom. The van der Waals surface area contributed by atoms with Crippen molar-refractivity contribution in [2.75, 3.05) is 20.8 Å². The number of aliphatic hydroxyl groups excluding tert-OH is 1. The highest BCUT2D eigenvalue weighted by Gasteiger charge is 2.37. The van der Waals surface area contributed by atoms with Crippen molar-refractivity contribution >= 4 is 11.4 Å². The zero-order chi connectivity index (χ0) is 15.0. The van der Waals surface area contributed by atoms with Crippen LogP contribution in [0.25, 0.3) is 5.57 Å². The van der Waals surface area contributed by atoms with E-state index in [4.69, 9.17) is 9.47 Å². The summed E-state index contributed by atoms with van der Waals surface area (Å²) in [6.07, 6.45) is 2.65. The summed E-state index contributed by atoms with van der Waals surface area (Å²) in [5, 5.41) is 10.3. The molecule has 0 radical (unpaired) electrons. The Morgan fingerprint density at radius 2 is 2.05 bits per heavy atom. The molecular formula is C17H20O4. The summed E-state index contributed by atoms with van der Waals surface area (Å²) in [6, 6.07) is 5.80. The number of methoxy groups -OCH3 is 2. The van der Waals surface area contributed by atoms with E-state index in [2.05, 4.69) is 0 Å². The van der Waals surface area contributed by atoms with Gasteiger partial charge in [-0.25, -0.2) is 0 Å². The summed E-state index contributed by atoms with van der Waals surface area (Å²) in [5.74, 6) is 1.09. The minimum absolute atomic E-state index is 0.0236. The van der Waals surface area contributed by atoms with Crippen LogP contribution in [-0.2, 0) is 9.53 Å². The minimum atomic E-state index is -0.275. The number of carbonyl (C=O) groups excluding carboxylic acids is 1. The van der Waals surface area contributed by atoms with Crippen molar-refractivity contribution in [3.05, 3.63) is 35.1 Å². The maximum atomic E-state index is 12.6. The molecule has 3 rings (SSSR count). The van der Waals surface area contributed by atoms with Crippen LogP contribution in [0, 0.1) is 5.92 Å². The first-order valence-electron chi connectivity index (χ1n) is 7.29. The van der Waals surface area contributed by atoms with E-state index in [0.717, 1.165) is 24.0 Å². The fourth-order valence-corrected chi connectivity index (χ4v) is 3.03. The van der Waals surface area contributed by atoms with Crippen molar-refractivity contribution in [2.45, 2.75) is 25.2 Å². The number of ether oxygens (including phenoxy) is 2. The molecule has 1 atom stereocenters. The van der Waals surface area contributed by atoms with Gasteiger partial charge < -0.3 is 14.6 Å². The zero-order valence-corrected chi connectivity index (χ0v) is 12.4.